The fourth-order valence-corrected chi connectivity index (χ4v) is 10.7. The van der Waals surface area contributed by atoms with Crippen LogP contribution in [0.1, 0.15) is 25.0 Å². The summed E-state index contributed by atoms with van der Waals surface area (Å²) in [6, 6.07) is 52.5. The van der Waals surface area contributed by atoms with Gasteiger partial charge < -0.3 is 4.57 Å². The van der Waals surface area contributed by atoms with Crippen molar-refractivity contribution in [2.75, 3.05) is 0 Å². The quantitative estimate of drug-likeness (QED) is 0.176. The van der Waals surface area contributed by atoms with Crippen LogP contribution in [0.3, 0.4) is 0 Å². The Morgan fingerprint density at radius 1 is 0.417 bits per heavy atom. The molecule has 0 fully saturated rings. The minimum absolute atomic E-state index is 0.0475. The van der Waals surface area contributed by atoms with Crippen LogP contribution in [0.25, 0.3) is 90.1 Å². The molecule has 11 rings (SSSR count). The lowest BCUT2D eigenvalue weighted by Gasteiger charge is -2.21. The fraction of sp³-hybridized carbons (Fsp3) is 0.0667. The second-order valence-corrected chi connectivity index (χ2v) is 15.9. The van der Waals surface area contributed by atoms with Crippen molar-refractivity contribution < 1.29 is 0 Å². The number of aromatic nitrogens is 1. The molecule has 226 valence electrons. The number of thiophene rings is 2. The lowest BCUT2D eigenvalue weighted by molar-refractivity contribution is 0.661. The lowest BCUT2D eigenvalue weighted by Crippen LogP contribution is -2.14. The Bertz CT molecular complexity index is 2980. The van der Waals surface area contributed by atoms with Crippen molar-refractivity contribution in [3.63, 3.8) is 0 Å². The normalized spacial score (nSPS) is 13.8. The Balaban J connectivity index is 1.08. The molecule has 0 aliphatic heterocycles. The predicted octanol–water partition coefficient (Wildman–Crippen LogP) is 13.5. The molecule has 1 aliphatic rings. The third kappa shape index (κ3) is 3.55. The van der Waals surface area contributed by atoms with Gasteiger partial charge in [0, 0.05) is 62.2 Å². The highest BCUT2D eigenvalue weighted by Gasteiger charge is 2.36. The summed E-state index contributed by atoms with van der Waals surface area (Å²) >= 11 is 3.78. The van der Waals surface area contributed by atoms with Crippen molar-refractivity contribution in [2.45, 2.75) is 19.3 Å². The third-order valence-corrected chi connectivity index (χ3v) is 13.1. The van der Waals surface area contributed by atoms with Gasteiger partial charge in [-0.15, -0.1) is 22.7 Å². The van der Waals surface area contributed by atoms with Crippen LogP contribution < -0.4 is 0 Å². The van der Waals surface area contributed by atoms with Crippen molar-refractivity contribution in [3.05, 3.63) is 151 Å². The summed E-state index contributed by atoms with van der Waals surface area (Å²) in [6.07, 6.45) is 0. The molecule has 1 nitrogen and oxygen atoms in total. The highest BCUT2D eigenvalue weighted by Crippen LogP contribution is 2.51. The molecule has 7 aromatic carbocycles. The van der Waals surface area contributed by atoms with Gasteiger partial charge in [0.1, 0.15) is 0 Å². The maximum absolute atomic E-state index is 2.49. The number of nitrogens with zero attached hydrogens (tertiary/aromatic N) is 1. The van der Waals surface area contributed by atoms with Crippen LogP contribution in [0.4, 0.5) is 0 Å². The Morgan fingerprint density at radius 3 is 1.88 bits per heavy atom. The van der Waals surface area contributed by atoms with Crippen LogP contribution in [0.15, 0.2) is 140 Å². The van der Waals surface area contributed by atoms with E-state index in [-0.39, 0.29) is 5.41 Å². The molecule has 0 amide bonds. The van der Waals surface area contributed by atoms with Crippen molar-refractivity contribution >= 4 is 84.8 Å². The predicted molar refractivity (Wildman–Crippen MR) is 210 cm³/mol. The first-order chi connectivity index (χ1) is 23.5. The van der Waals surface area contributed by atoms with E-state index in [1.165, 1.54) is 101 Å². The Morgan fingerprint density at radius 2 is 1.06 bits per heavy atom. The Labute approximate surface area is 285 Å². The van der Waals surface area contributed by atoms with Crippen molar-refractivity contribution in [1.29, 1.82) is 0 Å². The highest BCUT2D eigenvalue weighted by molar-refractivity contribution is 7.26. The van der Waals surface area contributed by atoms with E-state index < -0.39 is 0 Å². The zero-order chi connectivity index (χ0) is 31.7. The molecule has 0 radical (unpaired) electrons. The molecule has 3 heteroatoms. The molecule has 3 heterocycles. The topological polar surface area (TPSA) is 4.93 Å². The summed E-state index contributed by atoms with van der Waals surface area (Å²) in [5.41, 5.74) is 11.8. The van der Waals surface area contributed by atoms with Gasteiger partial charge in [0.15, 0.2) is 0 Å². The van der Waals surface area contributed by atoms with E-state index in [2.05, 4.69) is 158 Å². The van der Waals surface area contributed by atoms with Crippen molar-refractivity contribution in [2.24, 2.45) is 0 Å². The summed E-state index contributed by atoms with van der Waals surface area (Å²) in [6.45, 7) is 4.74. The van der Waals surface area contributed by atoms with E-state index in [1.54, 1.807) is 0 Å². The number of rotatable bonds is 2. The Kier molecular flexibility index (Phi) is 5.27. The van der Waals surface area contributed by atoms with E-state index in [9.17, 15) is 0 Å². The van der Waals surface area contributed by atoms with E-state index in [0.717, 1.165) is 0 Å². The zero-order valence-corrected chi connectivity index (χ0v) is 28.2. The second-order valence-electron chi connectivity index (χ2n) is 13.7. The van der Waals surface area contributed by atoms with Gasteiger partial charge in [-0.1, -0.05) is 98.8 Å². The number of hydrogen-bond acceptors (Lipinski definition) is 2. The molecule has 0 saturated heterocycles. The van der Waals surface area contributed by atoms with Crippen LogP contribution in [0, 0.1) is 0 Å². The van der Waals surface area contributed by atoms with Gasteiger partial charge >= 0.3 is 0 Å². The summed E-state index contributed by atoms with van der Waals surface area (Å²) in [5.74, 6) is 0. The average molecular weight is 648 g/mol. The van der Waals surface area contributed by atoms with Gasteiger partial charge in [-0.25, -0.2) is 0 Å². The molecule has 0 unspecified atom stereocenters. The smallest absolute Gasteiger partial charge is 0.0544 e. The summed E-state index contributed by atoms with van der Waals surface area (Å²) < 4.78 is 7.84. The van der Waals surface area contributed by atoms with Gasteiger partial charge in [0.05, 0.1) is 11.0 Å². The van der Waals surface area contributed by atoms with E-state index in [4.69, 9.17) is 0 Å². The maximum Gasteiger partial charge on any atom is 0.0544 e. The molecule has 0 saturated carbocycles. The van der Waals surface area contributed by atoms with Crippen LogP contribution in [0.2, 0.25) is 0 Å². The number of fused-ring (bicyclic) bond motifs is 12. The van der Waals surface area contributed by atoms with Crippen LogP contribution in [0.5, 0.6) is 0 Å². The van der Waals surface area contributed by atoms with Crippen LogP contribution >= 0.6 is 22.7 Å². The maximum atomic E-state index is 2.49. The molecule has 0 bridgehead atoms. The van der Waals surface area contributed by atoms with Crippen molar-refractivity contribution in [1.82, 2.24) is 4.57 Å². The highest BCUT2D eigenvalue weighted by atomic mass is 32.1. The molecule has 0 spiro atoms. The zero-order valence-electron chi connectivity index (χ0n) is 26.5. The Hall–Kier alpha value is -5.22. The van der Waals surface area contributed by atoms with Gasteiger partial charge in [0.2, 0.25) is 0 Å². The first kappa shape index (κ1) is 26.8. The fourth-order valence-electron chi connectivity index (χ4n) is 8.43. The standard InChI is InChI=1S/C45H29NS2/c1-45(2)37-12-6-3-9-29(37)34-24-35-30-10-4-7-13-39(30)46(40(35)25-38(34)45)28-17-20-42-36(23-28)33-19-16-27(22-44(33)48-42)26-15-18-32-31-11-5-8-14-41(31)47-43(32)21-26/h3-25H,1-2H3. The molecule has 0 N–H and O–H groups in total. The number of benzene rings is 7. The average Bonchev–Trinajstić information content (AvgIpc) is 3.83. The molecule has 48 heavy (non-hydrogen) atoms. The molecule has 0 atom stereocenters. The number of hydrogen-bond donors (Lipinski definition) is 0. The van der Waals surface area contributed by atoms with Crippen molar-refractivity contribution in [3.8, 4) is 27.9 Å². The second kappa shape index (κ2) is 9.44. The minimum atomic E-state index is -0.0475. The molecular formula is C45H29NS2. The summed E-state index contributed by atoms with van der Waals surface area (Å²) in [5, 5.41) is 7.94. The van der Waals surface area contributed by atoms with Crippen LogP contribution in [-0.2, 0) is 5.41 Å². The summed E-state index contributed by atoms with van der Waals surface area (Å²) in [4.78, 5) is 0. The first-order valence-electron chi connectivity index (χ1n) is 16.6. The summed E-state index contributed by atoms with van der Waals surface area (Å²) in [7, 11) is 0. The first-order valence-corrected chi connectivity index (χ1v) is 18.2. The van der Waals surface area contributed by atoms with Crippen LogP contribution in [-0.4, -0.2) is 4.57 Å². The van der Waals surface area contributed by atoms with Gasteiger partial charge in [-0.05, 0) is 88.0 Å². The van der Waals surface area contributed by atoms with E-state index >= 15 is 0 Å². The van der Waals surface area contributed by atoms with E-state index in [0.29, 0.717) is 0 Å². The molecule has 3 aromatic heterocycles. The largest absolute Gasteiger partial charge is 0.309 e. The van der Waals surface area contributed by atoms with Gasteiger partial charge in [-0.3, -0.25) is 0 Å². The molecule has 10 aromatic rings. The monoisotopic (exact) mass is 647 g/mol. The minimum Gasteiger partial charge on any atom is -0.309 e. The lowest BCUT2D eigenvalue weighted by atomic mass is 9.82. The van der Waals surface area contributed by atoms with Gasteiger partial charge in [0.25, 0.3) is 0 Å². The van der Waals surface area contributed by atoms with Gasteiger partial charge in [-0.2, -0.15) is 0 Å². The SMILES string of the molecule is CC1(C)c2ccccc2-c2cc3c4ccccc4n(-c4ccc5sc6cc(-c7ccc8c(c7)sc7ccccc78)ccc6c5c4)c3cc21. The van der Waals surface area contributed by atoms with E-state index in [1.807, 2.05) is 22.7 Å². The third-order valence-electron chi connectivity index (χ3n) is 10.8. The molecule has 1 aliphatic carbocycles. The molecular weight excluding hydrogens is 619 g/mol. The number of para-hydroxylation sites is 1.